The summed E-state index contributed by atoms with van der Waals surface area (Å²) in [5, 5.41) is 0. The Kier molecular flexibility index (Phi) is 30.1. The average Bonchev–Trinajstić information content (AvgIpc) is 0.765. The molecule has 0 aromatic heterocycles. The van der Waals surface area contributed by atoms with Gasteiger partial charge in [-0.05, 0) is 0 Å². The van der Waals surface area contributed by atoms with E-state index in [4.69, 9.17) is 114 Å². The highest BCUT2D eigenvalue weighted by molar-refractivity contribution is 5.87. The molecule has 42 heteroatoms. The van der Waals surface area contributed by atoms with Crippen molar-refractivity contribution in [2.75, 3.05) is 0 Å². The van der Waals surface area contributed by atoms with Crippen LogP contribution in [-0.4, -0.2) is 107 Å². The number of rotatable bonds is 30. The first-order valence-electron chi connectivity index (χ1n) is 33.9. The quantitative estimate of drug-likeness (QED) is 0.0298. The number of carbonyl (C=O) groups excluding carboxylic acids is 18. The molecule has 120 heavy (non-hydrogen) atoms. The molecule has 0 aliphatic carbocycles. The molecule has 7 rings (SSSR count). The van der Waals surface area contributed by atoms with E-state index in [1.54, 1.807) is 0 Å². The fraction of sp³-hybridized carbons (Fsp3) is 0.231. The summed E-state index contributed by atoms with van der Waals surface area (Å²) in [6.45, 7) is 15.9. The first kappa shape index (κ1) is 91.0. The molecule has 7 aromatic rings. The van der Waals surface area contributed by atoms with Gasteiger partial charge < -0.3 is 114 Å². The van der Waals surface area contributed by atoms with Crippen LogP contribution < -0.4 is 114 Å². The summed E-state index contributed by atoms with van der Waals surface area (Å²) in [4.78, 5) is 233. The predicted octanol–water partition coefficient (Wildman–Crippen LogP) is 11.1. The molecular weight excluding hydrogens is 1610 g/mol. The van der Waals surface area contributed by atoms with Crippen LogP contribution in [0.4, 0.5) is 0 Å². The van der Waals surface area contributed by atoms with E-state index in [9.17, 15) is 86.3 Å². The van der Waals surface area contributed by atoms with E-state index in [1.165, 1.54) is 0 Å². The highest BCUT2D eigenvalue weighted by atomic mass is 16.7. The smallest absolute Gasteiger partial charge is 0.308 e. The minimum atomic E-state index is -1.29. The molecule has 0 fully saturated rings. The second kappa shape index (κ2) is 39.7. The maximum absolute atomic E-state index is 13.5. The van der Waals surface area contributed by atoms with Crippen molar-refractivity contribution in [1.29, 1.82) is 0 Å². The molecule has 0 heterocycles. The molecule has 0 aliphatic heterocycles. The third-order valence-corrected chi connectivity index (χ3v) is 13.1. The molecule has 0 radical (unpaired) electrons. The molecule has 630 valence electrons. The molecule has 0 unspecified atom stereocenters. The highest BCUT2D eigenvalue weighted by Crippen LogP contribution is 2.60. The van der Waals surface area contributed by atoms with Crippen molar-refractivity contribution in [2.24, 2.45) is 0 Å². The van der Waals surface area contributed by atoms with Crippen LogP contribution >= 0.6 is 0 Å². The first-order chi connectivity index (χ1) is 56.2. The Bertz CT molecular complexity index is 5280. The Hall–Kier alpha value is -16.2. The maximum Gasteiger partial charge on any atom is 0.308 e. The van der Waals surface area contributed by atoms with E-state index in [2.05, 4.69) is 0 Å². The van der Waals surface area contributed by atoms with Crippen LogP contribution in [0.25, 0.3) is 0 Å². The lowest BCUT2D eigenvalue weighted by atomic mass is 10.2. The van der Waals surface area contributed by atoms with Gasteiger partial charge in [-0.25, -0.2) is 0 Å². The van der Waals surface area contributed by atoms with Crippen molar-refractivity contribution < 1.29 is 200 Å². The standard InChI is InChI=1S/C78H66O42/c1-31(79)97-49-19-56(100-34(4)82)69(57(20-49)101-35(5)83)116-51-23-60(104-38(8)86)71(61(24-51)105-39(9)87)119-67-30-65(109-43(13)91)74(112-46(16)94)78(114-48(18)96)76(67)118-53-27-62(106-40(10)88)72(63(28-53)107-41(11)89)120-66-29-64(108-42(12)90)73(111-45(15)93)77(113-47(17)95)75(66)117-52-25-58(102-36(6)84)70(59(26-52)103-37(7)85)115-50-21-54(98-32(2)80)68(110-44(14)92)55(22-50)99-33(3)81/h19-30H,1-18H3. The van der Waals surface area contributed by atoms with E-state index in [-0.39, 0.29) is 5.75 Å². The van der Waals surface area contributed by atoms with Gasteiger partial charge in [0, 0.05) is 197 Å². The zero-order valence-electron chi connectivity index (χ0n) is 66.1. The Labute approximate surface area is 675 Å². The normalized spacial score (nSPS) is 10.3. The van der Waals surface area contributed by atoms with Crippen molar-refractivity contribution >= 4 is 107 Å². The fourth-order valence-electron chi connectivity index (χ4n) is 9.78. The van der Waals surface area contributed by atoms with E-state index < -0.39 is 274 Å². The second-order valence-corrected chi connectivity index (χ2v) is 23.8. The summed E-state index contributed by atoms with van der Waals surface area (Å²) in [6.07, 6.45) is 0. The molecule has 0 atom stereocenters. The van der Waals surface area contributed by atoms with E-state index in [1.807, 2.05) is 0 Å². The maximum atomic E-state index is 13.5. The van der Waals surface area contributed by atoms with Gasteiger partial charge in [0.1, 0.15) is 28.7 Å². The predicted molar refractivity (Wildman–Crippen MR) is 389 cm³/mol. The molecule has 0 amide bonds. The van der Waals surface area contributed by atoms with Crippen LogP contribution in [0.2, 0.25) is 0 Å². The molecule has 0 aliphatic rings. The van der Waals surface area contributed by atoms with Gasteiger partial charge in [-0.1, -0.05) is 0 Å². The van der Waals surface area contributed by atoms with Crippen molar-refractivity contribution in [3.8, 4) is 172 Å². The number of carbonyl (C=O) groups is 18. The van der Waals surface area contributed by atoms with Crippen LogP contribution in [0.5, 0.6) is 172 Å². The zero-order valence-corrected chi connectivity index (χ0v) is 66.1. The molecule has 0 spiro atoms. The van der Waals surface area contributed by atoms with Gasteiger partial charge in [0.2, 0.25) is 63.2 Å². The third kappa shape index (κ3) is 25.9. The minimum Gasteiger partial charge on any atom is -0.449 e. The van der Waals surface area contributed by atoms with Crippen LogP contribution in [0, 0.1) is 0 Å². The van der Waals surface area contributed by atoms with Crippen LogP contribution in [0.1, 0.15) is 125 Å². The van der Waals surface area contributed by atoms with Crippen LogP contribution in [0.3, 0.4) is 0 Å². The summed E-state index contributed by atoms with van der Waals surface area (Å²) in [7, 11) is 0. The SMILES string of the molecule is CC(=O)Oc1cc(OC(C)=O)c(Oc2cc(OC(C)=O)c(Oc3cc(OC(C)=O)c(OC(C)=O)c(OC(C)=O)c3Oc3cc(OC(C)=O)c(Oc4cc(OC(C)=O)c(OC(C)=O)c(OC(C)=O)c4Oc4cc(OC(C)=O)c(Oc5cc(OC(C)=O)c(OC(C)=O)c(OC(C)=O)c5)c(OC(C)=O)c4)c(OC(C)=O)c3)c(OC(C)=O)c2)c(OC(C)=O)c1. The lowest BCUT2D eigenvalue weighted by molar-refractivity contribution is -0.135. The molecule has 0 N–H and O–H groups in total. The minimum absolute atomic E-state index is 0.351. The number of hydrogen-bond acceptors (Lipinski definition) is 42. The largest absolute Gasteiger partial charge is 0.449 e. The number of esters is 18. The Morgan fingerprint density at radius 3 is 0.458 bits per heavy atom. The van der Waals surface area contributed by atoms with Crippen molar-refractivity contribution in [1.82, 2.24) is 0 Å². The van der Waals surface area contributed by atoms with Crippen molar-refractivity contribution in [2.45, 2.75) is 125 Å². The fourth-order valence-corrected chi connectivity index (χ4v) is 9.78. The Balaban J connectivity index is 1.57. The van der Waals surface area contributed by atoms with Gasteiger partial charge in [-0.3, -0.25) is 86.3 Å². The molecule has 0 bridgehead atoms. The van der Waals surface area contributed by atoms with Crippen LogP contribution in [0.15, 0.2) is 72.8 Å². The van der Waals surface area contributed by atoms with Gasteiger partial charge in [0.15, 0.2) is 80.5 Å². The number of benzene rings is 7. The van der Waals surface area contributed by atoms with Crippen molar-refractivity contribution in [3.63, 3.8) is 0 Å². The lowest BCUT2D eigenvalue weighted by Crippen LogP contribution is -2.13. The summed E-state index contributed by atoms with van der Waals surface area (Å²) >= 11 is 0. The summed E-state index contributed by atoms with van der Waals surface area (Å²) in [5.74, 6) is -44.6. The van der Waals surface area contributed by atoms with E-state index in [0.29, 0.717) is 12.1 Å². The average molecular weight is 1680 g/mol. The lowest BCUT2D eigenvalue weighted by Gasteiger charge is -2.23. The summed E-state index contributed by atoms with van der Waals surface area (Å²) in [6, 6.07) is 10.0. The van der Waals surface area contributed by atoms with E-state index >= 15 is 0 Å². The monoisotopic (exact) mass is 1670 g/mol. The molecule has 0 saturated heterocycles. The van der Waals surface area contributed by atoms with E-state index in [0.717, 1.165) is 185 Å². The molecule has 42 nitrogen and oxygen atoms in total. The van der Waals surface area contributed by atoms with Gasteiger partial charge in [-0.2, -0.15) is 0 Å². The molecule has 7 aromatic carbocycles. The molecular formula is C78H66O42. The van der Waals surface area contributed by atoms with Gasteiger partial charge >= 0.3 is 107 Å². The third-order valence-electron chi connectivity index (χ3n) is 13.1. The summed E-state index contributed by atoms with van der Waals surface area (Å²) in [5.41, 5.74) is 0. The Morgan fingerprint density at radius 2 is 0.267 bits per heavy atom. The topological polar surface area (TPSA) is 529 Å². The van der Waals surface area contributed by atoms with Crippen molar-refractivity contribution in [3.05, 3.63) is 72.8 Å². The Morgan fingerprint density at radius 1 is 0.125 bits per heavy atom. The molecule has 0 saturated carbocycles. The first-order valence-corrected chi connectivity index (χ1v) is 33.9. The zero-order chi connectivity index (χ0) is 89.2. The van der Waals surface area contributed by atoms with Gasteiger partial charge in [0.25, 0.3) is 0 Å². The number of ether oxygens (including phenoxy) is 24. The van der Waals surface area contributed by atoms with Gasteiger partial charge in [-0.15, -0.1) is 0 Å². The van der Waals surface area contributed by atoms with Gasteiger partial charge in [0.05, 0.1) is 0 Å². The second-order valence-electron chi connectivity index (χ2n) is 23.8. The highest BCUT2D eigenvalue weighted by Gasteiger charge is 2.37. The van der Waals surface area contributed by atoms with Crippen LogP contribution in [-0.2, 0) is 86.3 Å². The number of hydrogen-bond donors (Lipinski definition) is 0. The summed E-state index contributed by atoms with van der Waals surface area (Å²) < 4.78 is 136.